The van der Waals surface area contributed by atoms with Crippen LogP contribution in [0.25, 0.3) is 0 Å². The van der Waals surface area contributed by atoms with Gasteiger partial charge in [0.1, 0.15) is 11.3 Å². The van der Waals surface area contributed by atoms with Crippen LogP contribution in [0, 0.1) is 5.92 Å². The Morgan fingerprint density at radius 3 is 2.22 bits per heavy atom. The minimum Gasteiger partial charge on any atom is -0.509 e. The van der Waals surface area contributed by atoms with E-state index in [0.29, 0.717) is 0 Å². The van der Waals surface area contributed by atoms with Crippen LogP contribution in [0.3, 0.4) is 0 Å². The Balaban J connectivity index is 3.27. The molecule has 0 aromatic rings. The van der Waals surface area contributed by atoms with Crippen LogP contribution in [-0.2, 0) is 24.0 Å². The number of ketones is 1. The summed E-state index contributed by atoms with van der Waals surface area (Å²) in [5.74, 6) is -8.04. The molecule has 1 aliphatic rings. The number of hydrogen-bond acceptors (Lipinski definition) is 7. The number of aliphatic carboxylic acids is 2. The summed E-state index contributed by atoms with van der Waals surface area (Å²) in [4.78, 5) is 59.4. The topological polar surface area (TPSA) is 190 Å². The van der Waals surface area contributed by atoms with Gasteiger partial charge in [0.2, 0.25) is 5.91 Å². The summed E-state index contributed by atoms with van der Waals surface area (Å²) in [5, 5.41) is 41.9. The number of amides is 2. The van der Waals surface area contributed by atoms with E-state index in [0.717, 1.165) is 0 Å². The van der Waals surface area contributed by atoms with Crippen molar-refractivity contribution in [2.24, 2.45) is 5.92 Å². The number of carboxylic acids is 2. The van der Waals surface area contributed by atoms with Crippen molar-refractivity contribution in [2.45, 2.75) is 44.7 Å². The van der Waals surface area contributed by atoms with Gasteiger partial charge in [-0.2, -0.15) is 0 Å². The number of rotatable bonds is 10. The third kappa shape index (κ3) is 4.82. The molecular formula is C16H22N2O9. The summed E-state index contributed by atoms with van der Waals surface area (Å²) < 4.78 is 0. The van der Waals surface area contributed by atoms with E-state index < -0.39 is 77.8 Å². The maximum Gasteiger partial charge on any atom is 0.330 e. The second kappa shape index (κ2) is 8.62. The van der Waals surface area contributed by atoms with Gasteiger partial charge in [-0.15, -0.1) is 0 Å². The van der Waals surface area contributed by atoms with Crippen LogP contribution in [0.4, 0.5) is 0 Å². The number of nitrogens with one attached hydrogen (secondary N) is 2. The molecule has 6 N–H and O–H groups in total. The molecule has 0 saturated carbocycles. The van der Waals surface area contributed by atoms with Crippen LogP contribution in [-0.4, -0.2) is 68.1 Å². The fourth-order valence-electron chi connectivity index (χ4n) is 2.57. The SMILES string of the molecule is CC[C@@H]1NC(=O)C(C(=O)CC(CC(=O)O)(NC(=O)C(C)CO)C(=O)O)=C1O. The zero-order chi connectivity index (χ0) is 20.9. The number of aliphatic hydroxyl groups excluding tert-OH is 2. The Bertz CT molecular complexity index is 700. The number of carboxylic acid groups (broad SMARTS) is 2. The van der Waals surface area contributed by atoms with Gasteiger partial charge in [0.05, 0.1) is 25.0 Å². The van der Waals surface area contributed by atoms with Crippen molar-refractivity contribution >= 4 is 29.5 Å². The molecule has 11 nitrogen and oxygen atoms in total. The first-order chi connectivity index (χ1) is 12.5. The molecular weight excluding hydrogens is 364 g/mol. The van der Waals surface area contributed by atoms with Gasteiger partial charge >= 0.3 is 11.9 Å². The van der Waals surface area contributed by atoms with E-state index >= 15 is 0 Å². The lowest BCUT2D eigenvalue weighted by atomic mass is 9.86. The predicted octanol–water partition coefficient (Wildman–Crippen LogP) is -1.29. The molecule has 150 valence electrons. The Morgan fingerprint density at radius 2 is 1.81 bits per heavy atom. The molecule has 0 spiro atoms. The predicted molar refractivity (Wildman–Crippen MR) is 88.5 cm³/mol. The summed E-state index contributed by atoms with van der Waals surface area (Å²) in [6.45, 7) is 2.28. The largest absolute Gasteiger partial charge is 0.509 e. The summed E-state index contributed by atoms with van der Waals surface area (Å²) in [6, 6.07) is -0.806. The molecule has 0 bridgehead atoms. The van der Waals surface area contributed by atoms with Crippen molar-refractivity contribution in [3.63, 3.8) is 0 Å². The van der Waals surface area contributed by atoms with Crippen molar-refractivity contribution in [1.82, 2.24) is 10.6 Å². The molecule has 0 aromatic heterocycles. The lowest BCUT2D eigenvalue weighted by Gasteiger charge is -2.29. The third-order valence-electron chi connectivity index (χ3n) is 4.21. The average molecular weight is 386 g/mol. The van der Waals surface area contributed by atoms with E-state index in [1.54, 1.807) is 6.92 Å². The summed E-state index contributed by atoms with van der Waals surface area (Å²) in [5.41, 5.74) is -3.22. The minimum absolute atomic E-state index is 0.276. The molecule has 1 aliphatic heterocycles. The molecule has 0 radical (unpaired) electrons. The van der Waals surface area contributed by atoms with E-state index in [4.69, 9.17) is 10.2 Å². The maximum absolute atomic E-state index is 12.5. The van der Waals surface area contributed by atoms with Crippen molar-refractivity contribution < 1.29 is 44.4 Å². The highest BCUT2D eigenvalue weighted by molar-refractivity contribution is 6.22. The monoisotopic (exact) mass is 386 g/mol. The second-order valence-electron chi connectivity index (χ2n) is 6.33. The highest BCUT2D eigenvalue weighted by Gasteiger charge is 2.47. The van der Waals surface area contributed by atoms with Gasteiger partial charge in [0.15, 0.2) is 11.3 Å². The molecule has 1 heterocycles. The highest BCUT2D eigenvalue weighted by atomic mass is 16.4. The number of carbonyl (C=O) groups excluding carboxylic acids is 3. The average Bonchev–Trinajstić information content (AvgIpc) is 2.86. The van der Waals surface area contributed by atoms with Gasteiger partial charge in [0, 0.05) is 6.42 Å². The van der Waals surface area contributed by atoms with Gasteiger partial charge in [-0.25, -0.2) is 4.79 Å². The van der Waals surface area contributed by atoms with Crippen molar-refractivity contribution in [3.8, 4) is 0 Å². The second-order valence-corrected chi connectivity index (χ2v) is 6.33. The lowest BCUT2D eigenvalue weighted by molar-refractivity contribution is -0.155. The van der Waals surface area contributed by atoms with Crippen LogP contribution in [0.1, 0.15) is 33.1 Å². The smallest absolute Gasteiger partial charge is 0.330 e. The quantitative estimate of drug-likeness (QED) is 0.248. The summed E-state index contributed by atoms with van der Waals surface area (Å²) in [6.07, 6.45) is -1.94. The number of carbonyl (C=O) groups is 5. The van der Waals surface area contributed by atoms with Crippen molar-refractivity contribution in [2.75, 3.05) is 6.61 Å². The van der Waals surface area contributed by atoms with Crippen LogP contribution in [0.5, 0.6) is 0 Å². The van der Waals surface area contributed by atoms with E-state index in [1.807, 2.05) is 5.32 Å². The molecule has 2 unspecified atom stereocenters. The number of hydrogen-bond donors (Lipinski definition) is 6. The standard InChI is InChI=1S/C16H22N2O9/c1-3-8-12(23)11(14(25)17-8)9(20)4-16(15(26)27,5-10(21)22)18-13(24)7(2)6-19/h7-8,19,23H,3-6H2,1-2H3,(H,17,25)(H,18,24)(H,21,22)(H,26,27)/t7?,8-,16?/m0/s1. The maximum atomic E-state index is 12.5. The van der Waals surface area contributed by atoms with Gasteiger partial charge in [-0.05, 0) is 6.42 Å². The first-order valence-corrected chi connectivity index (χ1v) is 8.14. The molecule has 11 heteroatoms. The normalized spacial score (nSPS) is 19.8. The van der Waals surface area contributed by atoms with E-state index in [-0.39, 0.29) is 6.42 Å². The zero-order valence-corrected chi connectivity index (χ0v) is 14.8. The summed E-state index contributed by atoms with van der Waals surface area (Å²) in [7, 11) is 0. The Hall–Kier alpha value is -2.95. The van der Waals surface area contributed by atoms with E-state index in [1.165, 1.54) is 6.92 Å². The first-order valence-electron chi connectivity index (χ1n) is 8.14. The van der Waals surface area contributed by atoms with Crippen LogP contribution in [0.15, 0.2) is 11.3 Å². The van der Waals surface area contributed by atoms with Crippen LogP contribution in [0.2, 0.25) is 0 Å². The molecule has 0 fully saturated rings. The lowest BCUT2D eigenvalue weighted by Crippen LogP contribution is -2.58. The minimum atomic E-state index is -2.55. The molecule has 3 atom stereocenters. The fourth-order valence-corrected chi connectivity index (χ4v) is 2.57. The Kier molecular flexibility index (Phi) is 7.06. The van der Waals surface area contributed by atoms with Crippen LogP contribution >= 0.6 is 0 Å². The third-order valence-corrected chi connectivity index (χ3v) is 4.21. The molecule has 2 amide bonds. The Morgan fingerprint density at radius 1 is 1.22 bits per heavy atom. The Labute approximate surface area is 154 Å². The van der Waals surface area contributed by atoms with Crippen LogP contribution < -0.4 is 10.6 Å². The van der Waals surface area contributed by atoms with Gasteiger partial charge in [0.25, 0.3) is 5.91 Å². The zero-order valence-electron chi connectivity index (χ0n) is 14.8. The number of Topliss-reactive ketones (excluding diaryl/α,β-unsaturated/α-hetero) is 1. The number of aliphatic hydroxyl groups is 2. The van der Waals surface area contributed by atoms with Crippen molar-refractivity contribution in [3.05, 3.63) is 11.3 Å². The molecule has 1 rings (SSSR count). The molecule has 0 saturated heterocycles. The van der Waals surface area contributed by atoms with Crippen molar-refractivity contribution in [1.29, 1.82) is 0 Å². The molecule has 0 aliphatic carbocycles. The highest BCUT2D eigenvalue weighted by Crippen LogP contribution is 2.25. The molecule has 27 heavy (non-hydrogen) atoms. The van der Waals surface area contributed by atoms with Gasteiger partial charge in [-0.1, -0.05) is 13.8 Å². The summed E-state index contributed by atoms with van der Waals surface area (Å²) >= 11 is 0. The molecule has 0 aromatic carbocycles. The van der Waals surface area contributed by atoms with Gasteiger partial charge in [-0.3, -0.25) is 19.2 Å². The van der Waals surface area contributed by atoms with E-state index in [9.17, 15) is 34.2 Å². The van der Waals surface area contributed by atoms with E-state index in [2.05, 4.69) is 5.32 Å². The van der Waals surface area contributed by atoms with Gasteiger partial charge < -0.3 is 31.1 Å². The fraction of sp³-hybridized carbons (Fsp3) is 0.562. The first kappa shape index (κ1) is 22.1.